The zero-order valence-electron chi connectivity index (χ0n) is 12.3. The maximum atomic E-state index is 12.4. The molecular formula is C14H28N2O2. The molecule has 0 aromatic heterocycles. The quantitative estimate of drug-likeness (QED) is 0.712. The summed E-state index contributed by atoms with van der Waals surface area (Å²) in [5.74, 6) is 0.329. The second-order valence-electron chi connectivity index (χ2n) is 6.94. The molecule has 1 aliphatic rings. The zero-order chi connectivity index (χ0) is 14.1. The van der Waals surface area contributed by atoms with Crippen molar-refractivity contribution < 1.29 is 9.90 Å². The monoisotopic (exact) mass is 256 g/mol. The SMILES string of the molecule is CC1C(N)CCC(C(=O)NC(C)(C)CO)C1(C)C. The molecule has 1 aliphatic carbocycles. The van der Waals surface area contributed by atoms with Crippen LogP contribution in [-0.2, 0) is 4.79 Å². The molecular weight excluding hydrogens is 228 g/mol. The highest BCUT2D eigenvalue weighted by atomic mass is 16.3. The van der Waals surface area contributed by atoms with Crippen LogP contribution >= 0.6 is 0 Å². The van der Waals surface area contributed by atoms with Gasteiger partial charge in [0.15, 0.2) is 0 Å². The van der Waals surface area contributed by atoms with Crippen molar-refractivity contribution in [1.29, 1.82) is 0 Å². The number of aliphatic hydroxyl groups excluding tert-OH is 1. The highest BCUT2D eigenvalue weighted by Gasteiger charge is 2.45. The summed E-state index contributed by atoms with van der Waals surface area (Å²) in [7, 11) is 0. The van der Waals surface area contributed by atoms with E-state index in [0.29, 0.717) is 5.92 Å². The Morgan fingerprint density at radius 2 is 2.00 bits per heavy atom. The molecule has 106 valence electrons. The predicted molar refractivity (Wildman–Crippen MR) is 73.0 cm³/mol. The second-order valence-corrected chi connectivity index (χ2v) is 6.94. The number of amides is 1. The van der Waals surface area contributed by atoms with E-state index in [-0.39, 0.29) is 29.9 Å². The number of hydrogen-bond donors (Lipinski definition) is 3. The lowest BCUT2D eigenvalue weighted by Crippen LogP contribution is -2.55. The molecule has 0 aromatic rings. The van der Waals surface area contributed by atoms with Crippen LogP contribution in [0.5, 0.6) is 0 Å². The fourth-order valence-electron chi connectivity index (χ4n) is 2.78. The number of rotatable bonds is 3. The first kappa shape index (κ1) is 15.4. The summed E-state index contributed by atoms with van der Waals surface area (Å²) < 4.78 is 0. The second kappa shape index (κ2) is 5.17. The Morgan fingerprint density at radius 3 is 2.50 bits per heavy atom. The minimum atomic E-state index is -0.560. The maximum absolute atomic E-state index is 12.4. The van der Waals surface area contributed by atoms with Crippen molar-refractivity contribution in [2.45, 2.75) is 59.0 Å². The Morgan fingerprint density at radius 1 is 1.44 bits per heavy atom. The van der Waals surface area contributed by atoms with Gasteiger partial charge in [0.1, 0.15) is 0 Å². The Bertz CT molecular complexity index is 313. The van der Waals surface area contributed by atoms with Crippen LogP contribution in [-0.4, -0.2) is 29.2 Å². The van der Waals surface area contributed by atoms with Gasteiger partial charge in [-0.2, -0.15) is 0 Å². The van der Waals surface area contributed by atoms with Crippen LogP contribution < -0.4 is 11.1 Å². The van der Waals surface area contributed by atoms with Crippen molar-refractivity contribution in [1.82, 2.24) is 5.32 Å². The highest BCUT2D eigenvalue weighted by Crippen LogP contribution is 2.44. The molecule has 1 rings (SSSR count). The van der Waals surface area contributed by atoms with Crippen LogP contribution in [0.4, 0.5) is 0 Å². The molecule has 1 amide bonds. The topological polar surface area (TPSA) is 75.4 Å². The fourth-order valence-corrected chi connectivity index (χ4v) is 2.78. The van der Waals surface area contributed by atoms with Gasteiger partial charge >= 0.3 is 0 Å². The summed E-state index contributed by atoms with van der Waals surface area (Å²) in [6.07, 6.45) is 1.72. The van der Waals surface area contributed by atoms with E-state index in [1.165, 1.54) is 0 Å². The van der Waals surface area contributed by atoms with Gasteiger partial charge in [-0.05, 0) is 38.0 Å². The van der Waals surface area contributed by atoms with Crippen molar-refractivity contribution in [3.63, 3.8) is 0 Å². The summed E-state index contributed by atoms with van der Waals surface area (Å²) in [6.45, 7) is 9.97. The minimum Gasteiger partial charge on any atom is -0.394 e. The Labute approximate surface area is 110 Å². The molecule has 4 nitrogen and oxygen atoms in total. The molecule has 0 aromatic carbocycles. The molecule has 4 N–H and O–H groups in total. The fraction of sp³-hybridized carbons (Fsp3) is 0.929. The van der Waals surface area contributed by atoms with Crippen molar-refractivity contribution in [3.8, 4) is 0 Å². The number of nitrogens with two attached hydrogens (primary N) is 1. The van der Waals surface area contributed by atoms with Crippen LogP contribution in [0.1, 0.15) is 47.5 Å². The third kappa shape index (κ3) is 3.04. The van der Waals surface area contributed by atoms with E-state index < -0.39 is 5.54 Å². The van der Waals surface area contributed by atoms with Gasteiger partial charge < -0.3 is 16.2 Å². The summed E-state index contributed by atoms with van der Waals surface area (Å²) in [5.41, 5.74) is 5.43. The smallest absolute Gasteiger partial charge is 0.224 e. The normalized spacial score (nSPS) is 32.1. The molecule has 18 heavy (non-hydrogen) atoms. The van der Waals surface area contributed by atoms with Crippen LogP contribution in [0, 0.1) is 17.3 Å². The average Bonchev–Trinajstić information content (AvgIpc) is 2.25. The van der Waals surface area contributed by atoms with Crippen LogP contribution in [0.2, 0.25) is 0 Å². The van der Waals surface area contributed by atoms with Gasteiger partial charge in [0.25, 0.3) is 0 Å². The Hall–Kier alpha value is -0.610. The first-order chi connectivity index (χ1) is 8.12. The van der Waals surface area contributed by atoms with Crippen LogP contribution in [0.3, 0.4) is 0 Å². The van der Waals surface area contributed by atoms with E-state index in [0.717, 1.165) is 12.8 Å². The average molecular weight is 256 g/mol. The zero-order valence-corrected chi connectivity index (χ0v) is 12.3. The summed E-state index contributed by atoms with van der Waals surface area (Å²) in [6, 6.07) is 0.176. The molecule has 0 radical (unpaired) electrons. The van der Waals surface area contributed by atoms with Crippen LogP contribution in [0.15, 0.2) is 0 Å². The molecule has 3 atom stereocenters. The molecule has 1 saturated carbocycles. The maximum Gasteiger partial charge on any atom is 0.224 e. The molecule has 0 aliphatic heterocycles. The molecule has 0 saturated heterocycles. The first-order valence-electron chi connectivity index (χ1n) is 6.80. The summed E-state index contributed by atoms with van der Waals surface area (Å²) in [4.78, 5) is 12.4. The highest BCUT2D eigenvalue weighted by molar-refractivity contribution is 5.80. The Balaban J connectivity index is 2.80. The van der Waals surface area contributed by atoms with E-state index in [1.807, 2.05) is 13.8 Å². The molecule has 4 heteroatoms. The third-order valence-electron chi connectivity index (χ3n) is 4.68. The van der Waals surface area contributed by atoms with Gasteiger partial charge in [-0.15, -0.1) is 0 Å². The lowest BCUT2D eigenvalue weighted by atomic mass is 9.61. The van der Waals surface area contributed by atoms with E-state index in [4.69, 9.17) is 5.73 Å². The minimum absolute atomic E-state index is 0.0295. The molecule has 0 spiro atoms. The lowest BCUT2D eigenvalue weighted by Gasteiger charge is -2.46. The predicted octanol–water partition coefficient (Wildman–Crippen LogP) is 1.27. The summed E-state index contributed by atoms with van der Waals surface area (Å²) in [5, 5.41) is 12.2. The van der Waals surface area contributed by atoms with E-state index in [1.54, 1.807) is 0 Å². The number of nitrogens with one attached hydrogen (secondary N) is 1. The molecule has 0 heterocycles. The largest absolute Gasteiger partial charge is 0.394 e. The van der Waals surface area contributed by atoms with Gasteiger partial charge in [0.2, 0.25) is 5.91 Å². The standard InChI is InChI=1S/C14H28N2O2/c1-9-11(15)7-6-10(14(9,4)5)12(18)16-13(2,3)8-17/h9-11,17H,6-8,15H2,1-5H3,(H,16,18). The van der Waals surface area contributed by atoms with E-state index in [2.05, 4.69) is 26.1 Å². The van der Waals surface area contributed by atoms with Crippen molar-refractivity contribution in [2.75, 3.05) is 6.61 Å². The van der Waals surface area contributed by atoms with E-state index >= 15 is 0 Å². The number of hydrogen-bond acceptors (Lipinski definition) is 3. The lowest BCUT2D eigenvalue weighted by molar-refractivity contribution is -0.134. The van der Waals surface area contributed by atoms with Gasteiger partial charge in [-0.1, -0.05) is 20.8 Å². The molecule has 0 bridgehead atoms. The van der Waals surface area contributed by atoms with Gasteiger partial charge in [-0.25, -0.2) is 0 Å². The Kier molecular flexibility index (Phi) is 4.44. The van der Waals surface area contributed by atoms with Gasteiger partial charge in [0, 0.05) is 12.0 Å². The van der Waals surface area contributed by atoms with Gasteiger partial charge in [-0.3, -0.25) is 4.79 Å². The molecule has 1 fully saturated rings. The third-order valence-corrected chi connectivity index (χ3v) is 4.68. The number of carbonyl (C=O) groups is 1. The van der Waals surface area contributed by atoms with Crippen molar-refractivity contribution >= 4 is 5.91 Å². The first-order valence-corrected chi connectivity index (χ1v) is 6.80. The van der Waals surface area contributed by atoms with Crippen molar-refractivity contribution in [2.24, 2.45) is 23.0 Å². The van der Waals surface area contributed by atoms with Crippen molar-refractivity contribution in [3.05, 3.63) is 0 Å². The van der Waals surface area contributed by atoms with Crippen LogP contribution in [0.25, 0.3) is 0 Å². The number of aliphatic hydroxyl groups is 1. The van der Waals surface area contributed by atoms with Gasteiger partial charge in [0.05, 0.1) is 12.1 Å². The summed E-state index contributed by atoms with van der Waals surface area (Å²) >= 11 is 0. The number of carbonyl (C=O) groups excluding carboxylic acids is 1. The van der Waals surface area contributed by atoms with E-state index in [9.17, 15) is 9.90 Å². The molecule has 3 unspecified atom stereocenters.